The van der Waals surface area contributed by atoms with E-state index in [4.69, 9.17) is 22.7 Å². The van der Waals surface area contributed by atoms with Crippen LogP contribution in [0.25, 0.3) is 0 Å². The highest BCUT2D eigenvalue weighted by molar-refractivity contribution is 7.80. The molecule has 0 spiro atoms. The Bertz CT molecular complexity index is 423. The zero-order chi connectivity index (χ0) is 13.7. The lowest BCUT2D eigenvalue weighted by Crippen LogP contribution is -2.35. The highest BCUT2D eigenvalue weighted by Gasteiger charge is 2.15. The van der Waals surface area contributed by atoms with E-state index < -0.39 is 0 Å². The standard InChI is InChI=1S/C12H20N4OS/c1-8(2)16(5-6-17-4)12-14-9(3)7-10(15-12)11(13)18/h7-8H,5-6H2,1-4H3,(H2,13,18). The van der Waals surface area contributed by atoms with Crippen LogP contribution in [0.3, 0.4) is 0 Å². The van der Waals surface area contributed by atoms with E-state index in [9.17, 15) is 0 Å². The lowest BCUT2D eigenvalue weighted by Gasteiger charge is -2.26. The number of hydrogen-bond donors (Lipinski definition) is 1. The van der Waals surface area contributed by atoms with E-state index in [0.29, 0.717) is 18.2 Å². The molecule has 0 aliphatic rings. The minimum Gasteiger partial charge on any atom is -0.388 e. The third-order valence-electron chi connectivity index (χ3n) is 2.51. The average molecular weight is 268 g/mol. The number of hydrogen-bond acceptors (Lipinski definition) is 5. The second-order valence-corrected chi connectivity index (χ2v) is 4.78. The number of thiocarbonyl (C=S) groups is 1. The molecule has 1 rings (SSSR count). The molecule has 0 aromatic carbocycles. The Morgan fingerprint density at radius 2 is 2.17 bits per heavy atom. The molecule has 0 saturated heterocycles. The van der Waals surface area contributed by atoms with E-state index in [1.807, 2.05) is 6.92 Å². The fourth-order valence-corrected chi connectivity index (χ4v) is 1.69. The van der Waals surface area contributed by atoms with Crippen LogP contribution in [0, 0.1) is 6.92 Å². The van der Waals surface area contributed by atoms with E-state index in [1.165, 1.54) is 0 Å². The SMILES string of the molecule is COCCN(c1nc(C)cc(C(N)=S)n1)C(C)C. The summed E-state index contributed by atoms with van der Waals surface area (Å²) in [5.74, 6) is 0.643. The van der Waals surface area contributed by atoms with Gasteiger partial charge in [0.05, 0.1) is 6.61 Å². The van der Waals surface area contributed by atoms with Crippen molar-refractivity contribution in [1.82, 2.24) is 9.97 Å². The van der Waals surface area contributed by atoms with Crippen molar-refractivity contribution in [3.05, 3.63) is 17.5 Å². The lowest BCUT2D eigenvalue weighted by molar-refractivity contribution is 0.203. The Labute approximate surface area is 113 Å². The fourth-order valence-electron chi connectivity index (χ4n) is 1.59. The maximum absolute atomic E-state index is 5.63. The minimum atomic E-state index is 0.279. The summed E-state index contributed by atoms with van der Waals surface area (Å²) in [6.07, 6.45) is 0. The fraction of sp³-hybridized carbons (Fsp3) is 0.583. The summed E-state index contributed by atoms with van der Waals surface area (Å²) >= 11 is 4.97. The van der Waals surface area contributed by atoms with Crippen molar-refractivity contribution < 1.29 is 4.74 Å². The van der Waals surface area contributed by atoms with Crippen molar-refractivity contribution in [2.75, 3.05) is 25.2 Å². The van der Waals surface area contributed by atoms with E-state index in [0.717, 1.165) is 12.2 Å². The molecule has 6 heteroatoms. The van der Waals surface area contributed by atoms with E-state index >= 15 is 0 Å². The monoisotopic (exact) mass is 268 g/mol. The van der Waals surface area contributed by atoms with Crippen LogP contribution in [0.2, 0.25) is 0 Å². The number of rotatable bonds is 6. The van der Waals surface area contributed by atoms with Gasteiger partial charge in [0.25, 0.3) is 0 Å². The number of nitrogens with two attached hydrogens (primary N) is 1. The third kappa shape index (κ3) is 3.89. The predicted molar refractivity (Wildman–Crippen MR) is 77.0 cm³/mol. The summed E-state index contributed by atoms with van der Waals surface area (Å²) in [5.41, 5.74) is 7.09. The molecule has 0 aliphatic heterocycles. The molecule has 1 aromatic heterocycles. The Kier molecular flexibility index (Phi) is 5.43. The van der Waals surface area contributed by atoms with Gasteiger partial charge in [0.1, 0.15) is 10.7 Å². The molecule has 0 atom stereocenters. The molecule has 2 N–H and O–H groups in total. The van der Waals surface area contributed by atoms with Gasteiger partial charge in [-0.05, 0) is 26.8 Å². The molecule has 1 heterocycles. The molecule has 0 fully saturated rings. The van der Waals surface area contributed by atoms with Gasteiger partial charge in [0.15, 0.2) is 0 Å². The number of methoxy groups -OCH3 is 1. The number of ether oxygens (including phenoxy) is 1. The highest BCUT2D eigenvalue weighted by Crippen LogP contribution is 2.13. The van der Waals surface area contributed by atoms with Crippen molar-refractivity contribution in [2.45, 2.75) is 26.8 Å². The molecule has 1 aromatic rings. The molecular weight excluding hydrogens is 248 g/mol. The van der Waals surface area contributed by atoms with Gasteiger partial charge in [-0.2, -0.15) is 0 Å². The molecule has 0 aliphatic carbocycles. The maximum Gasteiger partial charge on any atom is 0.226 e. The summed E-state index contributed by atoms with van der Waals surface area (Å²) in [5, 5.41) is 0. The summed E-state index contributed by atoms with van der Waals surface area (Å²) < 4.78 is 5.10. The summed E-state index contributed by atoms with van der Waals surface area (Å²) in [4.78, 5) is 11.2. The van der Waals surface area contributed by atoms with Crippen LogP contribution in [0.5, 0.6) is 0 Å². The average Bonchev–Trinajstić information content (AvgIpc) is 2.28. The minimum absolute atomic E-state index is 0.279. The van der Waals surface area contributed by atoms with Crippen molar-refractivity contribution >= 4 is 23.2 Å². The molecule has 5 nitrogen and oxygen atoms in total. The van der Waals surface area contributed by atoms with Gasteiger partial charge in [0.2, 0.25) is 5.95 Å². The van der Waals surface area contributed by atoms with Crippen LogP contribution >= 0.6 is 12.2 Å². The second-order valence-electron chi connectivity index (χ2n) is 4.34. The van der Waals surface area contributed by atoms with Gasteiger partial charge >= 0.3 is 0 Å². The van der Waals surface area contributed by atoms with Gasteiger partial charge in [-0.3, -0.25) is 0 Å². The molecule has 18 heavy (non-hydrogen) atoms. The number of nitrogens with zero attached hydrogens (tertiary/aromatic N) is 3. The van der Waals surface area contributed by atoms with Crippen molar-refractivity contribution in [3.63, 3.8) is 0 Å². The van der Waals surface area contributed by atoms with Gasteiger partial charge in [-0.25, -0.2) is 9.97 Å². The zero-order valence-electron chi connectivity index (χ0n) is 11.3. The van der Waals surface area contributed by atoms with E-state index in [2.05, 4.69) is 28.7 Å². The smallest absolute Gasteiger partial charge is 0.226 e. The van der Waals surface area contributed by atoms with Crippen LogP contribution in [0.15, 0.2) is 6.07 Å². The Morgan fingerprint density at radius 1 is 1.50 bits per heavy atom. The van der Waals surface area contributed by atoms with Crippen LogP contribution in [-0.4, -0.2) is 41.3 Å². The zero-order valence-corrected chi connectivity index (χ0v) is 12.1. The molecule has 0 radical (unpaired) electrons. The van der Waals surface area contributed by atoms with Crippen LogP contribution < -0.4 is 10.6 Å². The Hall–Kier alpha value is -1.27. The van der Waals surface area contributed by atoms with Crippen molar-refractivity contribution in [3.8, 4) is 0 Å². The van der Waals surface area contributed by atoms with E-state index in [-0.39, 0.29) is 11.0 Å². The molecule has 0 bridgehead atoms. The number of aromatic nitrogens is 2. The topological polar surface area (TPSA) is 64.3 Å². The van der Waals surface area contributed by atoms with Crippen molar-refractivity contribution in [2.24, 2.45) is 5.73 Å². The molecule has 0 amide bonds. The van der Waals surface area contributed by atoms with E-state index in [1.54, 1.807) is 13.2 Å². The lowest BCUT2D eigenvalue weighted by atomic mass is 10.3. The van der Waals surface area contributed by atoms with Crippen LogP contribution in [0.1, 0.15) is 25.2 Å². The van der Waals surface area contributed by atoms with Crippen molar-refractivity contribution in [1.29, 1.82) is 0 Å². The van der Waals surface area contributed by atoms with Gasteiger partial charge in [-0.1, -0.05) is 12.2 Å². The van der Waals surface area contributed by atoms with Crippen LogP contribution in [-0.2, 0) is 4.74 Å². The molecular formula is C12H20N4OS. The first kappa shape index (κ1) is 14.8. The summed E-state index contributed by atoms with van der Waals surface area (Å²) in [6.45, 7) is 7.43. The predicted octanol–water partition coefficient (Wildman–Crippen LogP) is 1.28. The number of aryl methyl sites for hydroxylation is 1. The molecule has 100 valence electrons. The highest BCUT2D eigenvalue weighted by atomic mass is 32.1. The van der Waals surface area contributed by atoms with Gasteiger partial charge in [-0.15, -0.1) is 0 Å². The Balaban J connectivity index is 3.07. The van der Waals surface area contributed by atoms with Gasteiger partial charge in [0, 0.05) is 25.4 Å². The normalized spacial score (nSPS) is 10.7. The second kappa shape index (κ2) is 6.61. The quantitative estimate of drug-likeness (QED) is 0.784. The first-order valence-electron chi connectivity index (χ1n) is 5.86. The summed E-state index contributed by atoms with van der Waals surface area (Å²) in [7, 11) is 1.68. The Morgan fingerprint density at radius 3 is 2.67 bits per heavy atom. The third-order valence-corrected chi connectivity index (χ3v) is 2.72. The maximum atomic E-state index is 5.63. The largest absolute Gasteiger partial charge is 0.388 e. The first-order chi connectivity index (χ1) is 8.45. The van der Waals surface area contributed by atoms with Gasteiger partial charge < -0.3 is 15.4 Å². The summed E-state index contributed by atoms with van der Waals surface area (Å²) in [6, 6.07) is 2.07. The van der Waals surface area contributed by atoms with Crippen LogP contribution in [0.4, 0.5) is 5.95 Å². The molecule has 0 saturated carbocycles. The first-order valence-corrected chi connectivity index (χ1v) is 6.27. The number of anilines is 1. The molecule has 0 unspecified atom stereocenters.